The summed E-state index contributed by atoms with van der Waals surface area (Å²) in [5.41, 5.74) is 0.344. The van der Waals surface area contributed by atoms with Gasteiger partial charge in [-0.15, -0.1) is 0 Å². The topological polar surface area (TPSA) is 96.0 Å². The first-order valence-electron chi connectivity index (χ1n) is 7.35. The van der Waals surface area contributed by atoms with Crippen LogP contribution >= 0.6 is 15.9 Å². The number of sulfone groups is 1. The molecule has 7 nitrogen and oxygen atoms in total. The Bertz CT molecular complexity index is 1060. The molecule has 1 heterocycles. The molecule has 0 saturated heterocycles. The van der Waals surface area contributed by atoms with E-state index in [4.69, 9.17) is 9.47 Å². The molecular formula is C16H15BrO7S2. The molecule has 0 unspecified atom stereocenters. The Balaban J connectivity index is 2.05. The molecule has 2 aromatic carbocycles. The van der Waals surface area contributed by atoms with Crippen LogP contribution in [0.3, 0.4) is 0 Å². The van der Waals surface area contributed by atoms with Crippen molar-refractivity contribution >= 4 is 35.9 Å². The summed E-state index contributed by atoms with van der Waals surface area (Å²) in [5.74, 6) is 0.615. The molecule has 1 aliphatic rings. The van der Waals surface area contributed by atoms with Gasteiger partial charge in [0, 0.05) is 22.4 Å². The molecule has 0 aromatic heterocycles. The van der Waals surface area contributed by atoms with E-state index in [1.165, 1.54) is 24.3 Å². The van der Waals surface area contributed by atoms with Gasteiger partial charge in [0.2, 0.25) is 0 Å². The van der Waals surface area contributed by atoms with E-state index in [1.807, 2.05) is 0 Å². The van der Waals surface area contributed by atoms with Crippen LogP contribution in [0.5, 0.6) is 11.5 Å². The van der Waals surface area contributed by atoms with E-state index in [0.717, 1.165) is 13.4 Å². The SMILES string of the molecule is COS(=O)(=O)c1ccc(Br)cc1[C@@H]1COc2ccc(S(C)(=O)=O)cc2O1. The number of rotatable bonds is 4. The van der Waals surface area contributed by atoms with E-state index >= 15 is 0 Å². The third-order valence-electron chi connectivity index (χ3n) is 3.81. The summed E-state index contributed by atoms with van der Waals surface area (Å²) in [6.45, 7) is 0.0634. The molecular weight excluding hydrogens is 448 g/mol. The Kier molecular flexibility index (Phi) is 5.04. The first-order valence-corrected chi connectivity index (χ1v) is 11.4. The highest BCUT2D eigenvalue weighted by Gasteiger charge is 2.30. The number of hydrogen-bond acceptors (Lipinski definition) is 7. The fraction of sp³-hybridized carbons (Fsp3) is 0.250. The van der Waals surface area contributed by atoms with Crippen LogP contribution in [-0.2, 0) is 24.1 Å². The van der Waals surface area contributed by atoms with Gasteiger partial charge in [0.25, 0.3) is 10.1 Å². The monoisotopic (exact) mass is 462 g/mol. The standard InChI is InChI=1S/C16H15BrO7S2/c1-22-26(20,21)16-6-3-10(17)7-12(16)15-9-23-13-5-4-11(25(2,18)19)8-14(13)24-15/h3-8,15H,9H2,1-2H3/t15-/m0/s1. The second-order valence-electron chi connectivity index (χ2n) is 5.60. The second kappa shape index (κ2) is 6.84. The quantitative estimate of drug-likeness (QED) is 0.644. The molecule has 0 radical (unpaired) electrons. The Morgan fingerprint density at radius 2 is 1.81 bits per heavy atom. The van der Waals surface area contributed by atoms with Crippen molar-refractivity contribution in [2.24, 2.45) is 0 Å². The minimum atomic E-state index is -3.96. The Morgan fingerprint density at radius 1 is 1.08 bits per heavy atom. The second-order valence-corrected chi connectivity index (χ2v) is 10.2. The minimum Gasteiger partial charge on any atom is -0.485 e. The molecule has 0 saturated carbocycles. The molecule has 0 fully saturated rings. The average Bonchev–Trinajstić information content (AvgIpc) is 2.59. The van der Waals surface area contributed by atoms with E-state index in [-0.39, 0.29) is 22.1 Å². The largest absolute Gasteiger partial charge is 0.485 e. The summed E-state index contributed by atoms with van der Waals surface area (Å²) in [4.78, 5) is 0.0407. The van der Waals surface area contributed by atoms with Crippen molar-refractivity contribution in [2.75, 3.05) is 20.0 Å². The summed E-state index contributed by atoms with van der Waals surface area (Å²) in [5, 5.41) is 0. The molecule has 0 amide bonds. The van der Waals surface area contributed by atoms with Gasteiger partial charge in [0.05, 0.1) is 12.0 Å². The van der Waals surface area contributed by atoms with Crippen molar-refractivity contribution in [3.8, 4) is 11.5 Å². The van der Waals surface area contributed by atoms with Gasteiger partial charge in [-0.25, -0.2) is 8.42 Å². The third kappa shape index (κ3) is 3.73. The lowest BCUT2D eigenvalue weighted by Crippen LogP contribution is -2.24. The van der Waals surface area contributed by atoms with E-state index in [1.54, 1.807) is 12.1 Å². The van der Waals surface area contributed by atoms with Crippen molar-refractivity contribution in [3.05, 3.63) is 46.4 Å². The number of benzene rings is 2. The molecule has 0 aliphatic carbocycles. The van der Waals surface area contributed by atoms with Gasteiger partial charge in [-0.05, 0) is 30.3 Å². The fourth-order valence-corrected chi connectivity index (χ4v) is 4.43. The average molecular weight is 463 g/mol. The maximum atomic E-state index is 12.2. The Morgan fingerprint density at radius 3 is 2.46 bits per heavy atom. The normalized spacial score (nSPS) is 17.1. The first kappa shape index (κ1) is 19.2. The number of fused-ring (bicyclic) bond motifs is 1. The summed E-state index contributed by atoms with van der Waals surface area (Å²) in [6, 6.07) is 8.89. The van der Waals surface area contributed by atoms with Gasteiger partial charge in [0.15, 0.2) is 27.4 Å². The van der Waals surface area contributed by atoms with Crippen molar-refractivity contribution in [1.82, 2.24) is 0 Å². The van der Waals surface area contributed by atoms with Crippen molar-refractivity contribution in [1.29, 1.82) is 0 Å². The first-order chi connectivity index (χ1) is 12.1. The van der Waals surface area contributed by atoms with Crippen LogP contribution in [0.1, 0.15) is 11.7 Å². The zero-order valence-electron chi connectivity index (χ0n) is 13.8. The van der Waals surface area contributed by atoms with Gasteiger partial charge in [-0.2, -0.15) is 8.42 Å². The molecule has 1 atom stereocenters. The van der Waals surface area contributed by atoms with Gasteiger partial charge in [-0.1, -0.05) is 15.9 Å². The number of halogens is 1. The molecule has 0 spiro atoms. The predicted molar refractivity (Wildman–Crippen MR) is 96.8 cm³/mol. The highest BCUT2D eigenvalue weighted by molar-refractivity contribution is 9.10. The molecule has 2 aromatic rings. The van der Waals surface area contributed by atoms with Crippen molar-refractivity contribution in [3.63, 3.8) is 0 Å². The molecule has 0 N–H and O–H groups in total. The molecule has 26 heavy (non-hydrogen) atoms. The molecule has 1 aliphatic heterocycles. The third-order valence-corrected chi connectivity index (χ3v) is 6.76. The lowest BCUT2D eigenvalue weighted by molar-refractivity contribution is 0.0887. The van der Waals surface area contributed by atoms with Gasteiger partial charge < -0.3 is 9.47 Å². The Labute approximate surface area is 160 Å². The Hall–Kier alpha value is -1.62. The van der Waals surface area contributed by atoms with Crippen LogP contribution < -0.4 is 9.47 Å². The van der Waals surface area contributed by atoms with Gasteiger partial charge in [-0.3, -0.25) is 4.18 Å². The molecule has 3 rings (SSSR count). The van der Waals surface area contributed by atoms with Gasteiger partial charge in [0.1, 0.15) is 11.5 Å². The van der Waals surface area contributed by atoms with Crippen LogP contribution in [0.25, 0.3) is 0 Å². The number of ether oxygens (including phenoxy) is 2. The maximum absolute atomic E-state index is 12.2. The molecule has 140 valence electrons. The van der Waals surface area contributed by atoms with Crippen molar-refractivity contribution in [2.45, 2.75) is 15.9 Å². The van der Waals surface area contributed by atoms with Crippen molar-refractivity contribution < 1.29 is 30.5 Å². The summed E-state index contributed by atoms with van der Waals surface area (Å²) in [7, 11) is -6.30. The van der Waals surface area contributed by atoms with E-state index in [2.05, 4.69) is 20.1 Å². The zero-order chi connectivity index (χ0) is 19.1. The lowest BCUT2D eigenvalue weighted by atomic mass is 10.1. The van der Waals surface area contributed by atoms with Gasteiger partial charge >= 0.3 is 0 Å². The predicted octanol–water partition coefficient (Wildman–Crippen LogP) is 2.70. The van der Waals surface area contributed by atoms with E-state index < -0.39 is 26.1 Å². The van der Waals surface area contributed by atoms with E-state index in [9.17, 15) is 16.8 Å². The lowest BCUT2D eigenvalue weighted by Gasteiger charge is -2.28. The highest BCUT2D eigenvalue weighted by Crippen LogP contribution is 2.40. The summed E-state index contributed by atoms with van der Waals surface area (Å²) >= 11 is 3.31. The smallest absolute Gasteiger partial charge is 0.297 e. The molecule has 0 bridgehead atoms. The zero-order valence-corrected chi connectivity index (χ0v) is 17.0. The van der Waals surface area contributed by atoms with Crippen LogP contribution in [0.4, 0.5) is 0 Å². The van der Waals surface area contributed by atoms with E-state index in [0.29, 0.717) is 15.8 Å². The summed E-state index contributed by atoms with van der Waals surface area (Å²) < 4.78 is 64.6. The highest BCUT2D eigenvalue weighted by atomic mass is 79.9. The molecule has 10 heteroatoms. The van der Waals surface area contributed by atoms with Crippen LogP contribution in [0, 0.1) is 0 Å². The number of hydrogen-bond donors (Lipinski definition) is 0. The summed E-state index contributed by atoms with van der Waals surface area (Å²) in [6.07, 6.45) is 0.336. The maximum Gasteiger partial charge on any atom is 0.297 e. The fourth-order valence-electron chi connectivity index (χ4n) is 2.52. The minimum absolute atomic E-state index is 0.0421. The van der Waals surface area contributed by atoms with Crippen LogP contribution in [-0.4, -0.2) is 36.8 Å². The van der Waals surface area contributed by atoms with Crippen LogP contribution in [0.15, 0.2) is 50.7 Å². The van der Waals surface area contributed by atoms with Crippen LogP contribution in [0.2, 0.25) is 0 Å².